The third-order valence-electron chi connectivity index (χ3n) is 3.39. The van der Waals surface area contributed by atoms with Gasteiger partial charge in [0, 0.05) is 5.69 Å². The summed E-state index contributed by atoms with van der Waals surface area (Å²) in [5, 5.41) is 10.4. The molecule has 2 atom stereocenters. The fourth-order valence-electron chi connectivity index (χ4n) is 1.82. The van der Waals surface area contributed by atoms with Crippen LogP contribution < -0.4 is 11.1 Å². The number of carbonyl (C=O) groups excluding carboxylic acids is 1. The van der Waals surface area contributed by atoms with Gasteiger partial charge in [-0.3, -0.25) is 9.36 Å². The lowest BCUT2D eigenvalue weighted by Crippen LogP contribution is -2.40. The van der Waals surface area contributed by atoms with Crippen LogP contribution in [0.4, 0.5) is 5.69 Å². The van der Waals surface area contributed by atoms with Gasteiger partial charge in [0.2, 0.25) is 5.91 Å². The lowest BCUT2D eigenvalue weighted by atomic mass is 9.99. The van der Waals surface area contributed by atoms with E-state index in [0.29, 0.717) is 5.69 Å². The average molecular weight is 273 g/mol. The van der Waals surface area contributed by atoms with Crippen molar-refractivity contribution in [3.63, 3.8) is 0 Å². The van der Waals surface area contributed by atoms with Gasteiger partial charge in [-0.2, -0.15) is 0 Å². The monoisotopic (exact) mass is 273 g/mol. The third kappa shape index (κ3) is 3.21. The highest BCUT2D eigenvalue weighted by Gasteiger charge is 2.19. The zero-order valence-electron chi connectivity index (χ0n) is 11.7. The van der Waals surface area contributed by atoms with Gasteiger partial charge in [0.05, 0.1) is 11.7 Å². The Labute approximate surface area is 118 Å². The van der Waals surface area contributed by atoms with Crippen molar-refractivity contribution >= 4 is 11.6 Å². The van der Waals surface area contributed by atoms with Gasteiger partial charge in [0.25, 0.3) is 0 Å². The molecule has 1 aromatic carbocycles. The number of amides is 1. The molecule has 0 aliphatic carbocycles. The second-order valence-corrected chi connectivity index (χ2v) is 4.82. The summed E-state index contributed by atoms with van der Waals surface area (Å²) in [6, 6.07) is 6.95. The summed E-state index contributed by atoms with van der Waals surface area (Å²) in [7, 11) is 0. The van der Waals surface area contributed by atoms with Crippen LogP contribution in [0.25, 0.3) is 5.69 Å². The van der Waals surface area contributed by atoms with Gasteiger partial charge in [-0.05, 0) is 24.1 Å². The van der Waals surface area contributed by atoms with E-state index in [2.05, 4.69) is 15.5 Å². The SMILES string of the molecule is CCC(C)[C@H](N)C(=O)Nc1cccc(-n2cnnc2)c1. The Morgan fingerprint density at radius 2 is 2.10 bits per heavy atom. The van der Waals surface area contributed by atoms with Crippen molar-refractivity contribution in [2.24, 2.45) is 11.7 Å². The van der Waals surface area contributed by atoms with Crippen LogP contribution in [0.3, 0.4) is 0 Å². The zero-order chi connectivity index (χ0) is 14.5. The van der Waals surface area contributed by atoms with Crippen molar-refractivity contribution in [2.45, 2.75) is 26.3 Å². The van der Waals surface area contributed by atoms with Gasteiger partial charge in [-0.25, -0.2) is 0 Å². The van der Waals surface area contributed by atoms with Crippen LogP contribution in [0.15, 0.2) is 36.9 Å². The first-order chi connectivity index (χ1) is 9.61. The van der Waals surface area contributed by atoms with Crippen LogP contribution in [-0.2, 0) is 4.79 Å². The molecule has 106 valence electrons. The molecule has 0 saturated heterocycles. The Morgan fingerprint density at radius 3 is 2.75 bits per heavy atom. The molecule has 1 unspecified atom stereocenters. The van der Waals surface area contributed by atoms with E-state index in [1.54, 1.807) is 17.2 Å². The number of benzene rings is 1. The van der Waals surface area contributed by atoms with E-state index in [1.165, 1.54) is 0 Å². The molecule has 0 aliphatic rings. The summed E-state index contributed by atoms with van der Waals surface area (Å²) in [5.41, 5.74) is 7.50. The van der Waals surface area contributed by atoms with Crippen LogP contribution in [0, 0.1) is 5.92 Å². The molecular formula is C14H19N5O. The minimum absolute atomic E-state index is 0.149. The van der Waals surface area contributed by atoms with Crippen molar-refractivity contribution in [3.05, 3.63) is 36.9 Å². The van der Waals surface area contributed by atoms with E-state index >= 15 is 0 Å². The lowest BCUT2D eigenvalue weighted by Gasteiger charge is -2.18. The quantitative estimate of drug-likeness (QED) is 0.866. The second kappa shape index (κ2) is 6.29. The van der Waals surface area contributed by atoms with Crippen molar-refractivity contribution in [1.82, 2.24) is 14.8 Å². The molecule has 0 saturated carbocycles. The van der Waals surface area contributed by atoms with E-state index in [1.807, 2.05) is 38.1 Å². The predicted octanol–water partition coefficient (Wildman–Crippen LogP) is 1.58. The first-order valence-electron chi connectivity index (χ1n) is 6.63. The highest BCUT2D eigenvalue weighted by Crippen LogP contribution is 2.15. The Morgan fingerprint density at radius 1 is 1.40 bits per heavy atom. The number of hydrogen-bond acceptors (Lipinski definition) is 4. The summed E-state index contributed by atoms with van der Waals surface area (Å²) in [5.74, 6) is -0.0173. The van der Waals surface area contributed by atoms with Crippen molar-refractivity contribution in [1.29, 1.82) is 0 Å². The highest BCUT2D eigenvalue weighted by molar-refractivity contribution is 5.95. The van der Waals surface area contributed by atoms with Crippen molar-refractivity contribution in [3.8, 4) is 5.69 Å². The molecule has 20 heavy (non-hydrogen) atoms. The summed E-state index contributed by atoms with van der Waals surface area (Å²) in [6.07, 6.45) is 4.08. The van der Waals surface area contributed by atoms with Crippen molar-refractivity contribution < 1.29 is 4.79 Å². The molecule has 1 heterocycles. The normalized spacial score (nSPS) is 13.8. The number of rotatable bonds is 5. The van der Waals surface area contributed by atoms with Crippen LogP contribution >= 0.6 is 0 Å². The predicted molar refractivity (Wildman–Crippen MR) is 77.4 cm³/mol. The molecule has 0 spiro atoms. The van der Waals surface area contributed by atoms with E-state index in [0.717, 1.165) is 12.1 Å². The number of hydrogen-bond donors (Lipinski definition) is 2. The van der Waals surface area contributed by atoms with Crippen LogP contribution in [0.1, 0.15) is 20.3 Å². The summed E-state index contributed by atoms with van der Waals surface area (Å²) >= 11 is 0. The second-order valence-electron chi connectivity index (χ2n) is 4.82. The molecule has 2 rings (SSSR count). The number of nitrogens with zero attached hydrogens (tertiary/aromatic N) is 3. The van der Waals surface area contributed by atoms with Gasteiger partial charge in [0.1, 0.15) is 12.7 Å². The molecule has 0 radical (unpaired) electrons. The Bertz CT molecular complexity index is 567. The number of anilines is 1. The average Bonchev–Trinajstić information content (AvgIpc) is 3.00. The highest BCUT2D eigenvalue weighted by atomic mass is 16.2. The Kier molecular flexibility index (Phi) is 4.47. The molecule has 6 heteroatoms. The first-order valence-corrected chi connectivity index (χ1v) is 6.63. The summed E-state index contributed by atoms with van der Waals surface area (Å²) in [6.45, 7) is 3.99. The molecule has 0 bridgehead atoms. The molecule has 0 aliphatic heterocycles. The van der Waals surface area contributed by atoms with Crippen LogP contribution in [-0.4, -0.2) is 26.7 Å². The maximum Gasteiger partial charge on any atom is 0.241 e. The Balaban J connectivity index is 2.10. The number of nitrogens with two attached hydrogens (primary N) is 1. The van der Waals surface area contributed by atoms with Gasteiger partial charge in [-0.15, -0.1) is 10.2 Å². The first kappa shape index (κ1) is 14.2. The summed E-state index contributed by atoms with van der Waals surface area (Å²) in [4.78, 5) is 12.0. The van der Waals surface area contributed by atoms with Gasteiger partial charge in [-0.1, -0.05) is 26.3 Å². The van der Waals surface area contributed by atoms with Crippen molar-refractivity contribution in [2.75, 3.05) is 5.32 Å². The van der Waals surface area contributed by atoms with Crippen LogP contribution in [0.5, 0.6) is 0 Å². The minimum atomic E-state index is -0.501. The molecule has 1 aromatic heterocycles. The fourth-order valence-corrected chi connectivity index (χ4v) is 1.82. The Hall–Kier alpha value is -2.21. The molecule has 3 N–H and O–H groups in total. The lowest BCUT2D eigenvalue weighted by molar-refractivity contribution is -0.118. The van der Waals surface area contributed by atoms with Crippen LogP contribution in [0.2, 0.25) is 0 Å². The molecule has 2 aromatic rings. The van der Waals surface area contributed by atoms with Gasteiger partial charge < -0.3 is 11.1 Å². The van der Waals surface area contributed by atoms with E-state index in [4.69, 9.17) is 5.73 Å². The zero-order valence-corrected chi connectivity index (χ0v) is 11.7. The maximum atomic E-state index is 12.0. The number of carbonyl (C=O) groups is 1. The summed E-state index contributed by atoms with van der Waals surface area (Å²) < 4.78 is 1.77. The smallest absolute Gasteiger partial charge is 0.241 e. The molecule has 0 fully saturated rings. The van der Waals surface area contributed by atoms with E-state index in [9.17, 15) is 4.79 Å². The third-order valence-corrected chi connectivity index (χ3v) is 3.39. The van der Waals surface area contributed by atoms with E-state index in [-0.39, 0.29) is 11.8 Å². The maximum absolute atomic E-state index is 12.0. The standard InChI is InChI=1S/C14H19N5O/c1-3-10(2)13(15)14(20)18-11-5-4-6-12(7-11)19-8-16-17-9-19/h4-10,13H,3,15H2,1-2H3,(H,18,20)/t10?,13-/m0/s1. The minimum Gasteiger partial charge on any atom is -0.325 e. The fraction of sp³-hybridized carbons (Fsp3) is 0.357. The largest absolute Gasteiger partial charge is 0.325 e. The molecular weight excluding hydrogens is 254 g/mol. The van der Waals surface area contributed by atoms with Gasteiger partial charge in [0.15, 0.2) is 0 Å². The number of nitrogens with one attached hydrogen (secondary N) is 1. The molecule has 1 amide bonds. The van der Waals surface area contributed by atoms with Gasteiger partial charge >= 0.3 is 0 Å². The molecule has 6 nitrogen and oxygen atoms in total. The number of aromatic nitrogens is 3. The topological polar surface area (TPSA) is 85.8 Å². The van der Waals surface area contributed by atoms with E-state index < -0.39 is 6.04 Å².